The number of ether oxygens (including phenoxy) is 1. The quantitative estimate of drug-likeness (QED) is 0.456. The van der Waals surface area contributed by atoms with E-state index in [1.807, 2.05) is 6.07 Å². The molecule has 36 heavy (non-hydrogen) atoms. The molecule has 8 heteroatoms. The van der Waals surface area contributed by atoms with Gasteiger partial charge in [-0.25, -0.2) is 18.9 Å². The lowest BCUT2D eigenvalue weighted by Gasteiger charge is -2.36. The van der Waals surface area contributed by atoms with Crippen LogP contribution in [0.25, 0.3) is 16.7 Å². The molecule has 3 aromatic rings. The fraction of sp³-hybridized carbons (Fsp3) is 0.536. The molecule has 4 heterocycles. The Hall–Kier alpha value is -3.00. The zero-order valence-electron chi connectivity index (χ0n) is 21.0. The number of carbonyl (C=O) groups excluding carboxylic acids is 1. The molecule has 0 spiro atoms. The molecule has 2 aliphatic heterocycles. The predicted octanol–water partition coefficient (Wildman–Crippen LogP) is 4.93. The van der Waals surface area contributed by atoms with E-state index in [1.54, 1.807) is 16.8 Å². The van der Waals surface area contributed by atoms with Crippen LogP contribution >= 0.6 is 0 Å². The Balaban J connectivity index is 1.41. The fourth-order valence-electron chi connectivity index (χ4n) is 6.00. The summed E-state index contributed by atoms with van der Waals surface area (Å²) >= 11 is 0. The van der Waals surface area contributed by atoms with E-state index in [1.165, 1.54) is 58.1 Å². The number of carbonyl (C=O) groups is 1. The third-order valence-corrected chi connectivity index (χ3v) is 8.27. The van der Waals surface area contributed by atoms with Crippen LogP contribution in [0.5, 0.6) is 0 Å². The van der Waals surface area contributed by atoms with Crippen molar-refractivity contribution in [2.75, 3.05) is 44.7 Å². The van der Waals surface area contributed by atoms with Gasteiger partial charge in [0.2, 0.25) is 0 Å². The number of anilines is 1. The highest BCUT2D eigenvalue weighted by atomic mass is 19.1. The number of rotatable bonds is 6. The van der Waals surface area contributed by atoms with E-state index in [0.717, 1.165) is 61.2 Å². The van der Waals surface area contributed by atoms with Crippen LogP contribution in [0.3, 0.4) is 0 Å². The Labute approximate surface area is 211 Å². The summed E-state index contributed by atoms with van der Waals surface area (Å²) < 4.78 is 20.5. The smallest absolute Gasteiger partial charge is 0.356 e. The average molecular weight is 492 g/mol. The van der Waals surface area contributed by atoms with Crippen molar-refractivity contribution in [3.05, 3.63) is 47.5 Å². The number of methoxy groups -OCH3 is 1. The molecule has 6 rings (SSSR count). The maximum absolute atomic E-state index is 13.7. The summed E-state index contributed by atoms with van der Waals surface area (Å²) in [7, 11) is 1.38. The molecule has 0 bridgehead atoms. The molecule has 3 fully saturated rings. The second-order valence-electron chi connectivity index (χ2n) is 10.6. The first-order valence-electron chi connectivity index (χ1n) is 13.4. The Morgan fingerprint density at radius 1 is 1.03 bits per heavy atom. The average Bonchev–Trinajstić information content (AvgIpc) is 3.51. The minimum atomic E-state index is -0.459. The standard InChI is InChI=1S/C28H34FN5O2/c1-36-28(35)23-17-24(33-15-11-19(12-16-33)18-32-13-2-3-14-32)25-26(20-5-4-6-20)31-34(27(25)30-23)22-9-7-21(29)8-10-22/h7-10,17,19-20H,2-6,11-16,18H2,1H3. The number of aromatic nitrogens is 3. The number of nitrogens with zero attached hydrogens (tertiary/aromatic N) is 5. The highest BCUT2D eigenvalue weighted by Crippen LogP contribution is 2.43. The van der Waals surface area contributed by atoms with Crippen molar-refractivity contribution in [2.45, 2.75) is 50.9 Å². The Morgan fingerprint density at radius 2 is 1.75 bits per heavy atom. The summed E-state index contributed by atoms with van der Waals surface area (Å²) in [5.41, 5.74) is 3.72. The second kappa shape index (κ2) is 9.81. The van der Waals surface area contributed by atoms with Gasteiger partial charge in [-0.3, -0.25) is 0 Å². The Bertz CT molecular complexity index is 1240. The van der Waals surface area contributed by atoms with Gasteiger partial charge in [0.15, 0.2) is 11.3 Å². The van der Waals surface area contributed by atoms with E-state index in [0.29, 0.717) is 17.5 Å². The lowest BCUT2D eigenvalue weighted by atomic mass is 9.81. The van der Waals surface area contributed by atoms with Crippen molar-refractivity contribution in [3.8, 4) is 5.69 Å². The van der Waals surface area contributed by atoms with Crippen LogP contribution in [0.4, 0.5) is 10.1 Å². The number of piperidine rings is 1. The highest BCUT2D eigenvalue weighted by Gasteiger charge is 2.32. The number of fused-ring (bicyclic) bond motifs is 1. The minimum Gasteiger partial charge on any atom is -0.464 e. The molecule has 0 N–H and O–H groups in total. The summed E-state index contributed by atoms with van der Waals surface area (Å²) in [6.45, 7) is 5.57. The number of pyridine rings is 1. The van der Waals surface area contributed by atoms with Crippen molar-refractivity contribution >= 4 is 22.7 Å². The maximum atomic E-state index is 13.7. The van der Waals surface area contributed by atoms with E-state index >= 15 is 0 Å². The van der Waals surface area contributed by atoms with Crippen molar-refractivity contribution < 1.29 is 13.9 Å². The zero-order chi connectivity index (χ0) is 24.6. The number of hydrogen-bond donors (Lipinski definition) is 0. The molecule has 3 aliphatic rings. The van der Waals surface area contributed by atoms with E-state index in [4.69, 9.17) is 14.8 Å². The number of hydrogen-bond acceptors (Lipinski definition) is 6. The van der Waals surface area contributed by atoms with Crippen LogP contribution in [0, 0.1) is 11.7 Å². The molecule has 1 aliphatic carbocycles. The first-order chi connectivity index (χ1) is 17.6. The lowest BCUT2D eigenvalue weighted by Crippen LogP contribution is -2.38. The number of benzene rings is 1. The van der Waals surface area contributed by atoms with Gasteiger partial charge in [-0.1, -0.05) is 6.42 Å². The third-order valence-electron chi connectivity index (χ3n) is 8.27. The van der Waals surface area contributed by atoms with Crippen LogP contribution in [-0.4, -0.2) is 65.5 Å². The van der Waals surface area contributed by atoms with E-state index in [9.17, 15) is 9.18 Å². The van der Waals surface area contributed by atoms with Crippen LogP contribution in [0.2, 0.25) is 0 Å². The molecule has 0 atom stereocenters. The van der Waals surface area contributed by atoms with Crippen molar-refractivity contribution in [1.29, 1.82) is 0 Å². The lowest BCUT2D eigenvalue weighted by molar-refractivity contribution is 0.0594. The summed E-state index contributed by atoms with van der Waals surface area (Å²) in [6, 6.07) is 8.18. The Kier molecular flexibility index (Phi) is 6.37. The number of halogens is 1. The van der Waals surface area contributed by atoms with Gasteiger partial charge >= 0.3 is 5.97 Å². The minimum absolute atomic E-state index is 0.280. The van der Waals surface area contributed by atoms with Gasteiger partial charge < -0.3 is 14.5 Å². The molecule has 0 radical (unpaired) electrons. The summed E-state index contributed by atoms with van der Waals surface area (Å²) in [4.78, 5) is 22.4. The maximum Gasteiger partial charge on any atom is 0.356 e. The van der Waals surface area contributed by atoms with E-state index in [-0.39, 0.29) is 11.5 Å². The van der Waals surface area contributed by atoms with Gasteiger partial charge in [-0.2, -0.15) is 5.10 Å². The molecule has 190 valence electrons. The van der Waals surface area contributed by atoms with Gasteiger partial charge in [0.05, 0.1) is 29.6 Å². The molecule has 2 saturated heterocycles. The summed E-state index contributed by atoms with van der Waals surface area (Å²) in [5.74, 6) is 0.338. The first kappa shape index (κ1) is 23.4. The molecular formula is C28H34FN5O2. The molecule has 2 aromatic heterocycles. The normalized spacial score (nSPS) is 19.7. The molecule has 1 saturated carbocycles. The van der Waals surface area contributed by atoms with Gasteiger partial charge in [0.1, 0.15) is 5.82 Å². The highest BCUT2D eigenvalue weighted by molar-refractivity contribution is 5.99. The van der Waals surface area contributed by atoms with Gasteiger partial charge in [-0.05, 0) is 87.9 Å². The topological polar surface area (TPSA) is 63.5 Å². The van der Waals surface area contributed by atoms with Gasteiger partial charge in [0, 0.05) is 25.6 Å². The first-order valence-corrected chi connectivity index (χ1v) is 13.4. The third kappa shape index (κ3) is 4.36. The van der Waals surface area contributed by atoms with Crippen molar-refractivity contribution in [3.63, 3.8) is 0 Å². The van der Waals surface area contributed by atoms with Crippen LogP contribution in [0.15, 0.2) is 30.3 Å². The molecule has 0 amide bonds. The molecule has 7 nitrogen and oxygen atoms in total. The fourth-order valence-corrected chi connectivity index (χ4v) is 6.00. The van der Waals surface area contributed by atoms with E-state index < -0.39 is 5.97 Å². The zero-order valence-corrected chi connectivity index (χ0v) is 21.0. The van der Waals surface area contributed by atoms with Gasteiger partial charge in [0.25, 0.3) is 0 Å². The number of esters is 1. The Morgan fingerprint density at radius 3 is 2.39 bits per heavy atom. The largest absolute Gasteiger partial charge is 0.464 e. The van der Waals surface area contributed by atoms with Crippen LogP contribution in [-0.2, 0) is 4.74 Å². The van der Waals surface area contributed by atoms with Crippen LogP contribution < -0.4 is 4.90 Å². The van der Waals surface area contributed by atoms with Crippen molar-refractivity contribution in [1.82, 2.24) is 19.7 Å². The number of likely N-dealkylation sites (tertiary alicyclic amines) is 1. The van der Waals surface area contributed by atoms with Crippen molar-refractivity contribution in [2.24, 2.45) is 5.92 Å². The summed E-state index contributed by atoms with van der Waals surface area (Å²) in [5, 5.41) is 6.05. The monoisotopic (exact) mass is 491 g/mol. The molecule has 0 unspecified atom stereocenters. The molecular weight excluding hydrogens is 457 g/mol. The van der Waals surface area contributed by atoms with E-state index in [2.05, 4.69) is 9.80 Å². The summed E-state index contributed by atoms with van der Waals surface area (Å²) in [6.07, 6.45) is 8.33. The van der Waals surface area contributed by atoms with Crippen LogP contribution in [0.1, 0.15) is 67.0 Å². The SMILES string of the molecule is COC(=O)c1cc(N2CCC(CN3CCCC3)CC2)c2c(C3CCC3)nn(-c3ccc(F)cc3)c2n1. The molecule has 1 aromatic carbocycles. The van der Waals surface area contributed by atoms with Gasteiger partial charge in [-0.15, -0.1) is 0 Å². The second-order valence-corrected chi connectivity index (χ2v) is 10.6. The predicted molar refractivity (Wildman–Crippen MR) is 137 cm³/mol.